The van der Waals surface area contributed by atoms with Crippen LogP contribution >= 0.6 is 0 Å². The van der Waals surface area contributed by atoms with Crippen LogP contribution < -0.4 is 15.0 Å². The van der Waals surface area contributed by atoms with Crippen molar-refractivity contribution in [3.05, 3.63) is 60.2 Å². The molecule has 1 saturated heterocycles. The van der Waals surface area contributed by atoms with Gasteiger partial charge in [0.05, 0.1) is 7.11 Å². The van der Waals surface area contributed by atoms with Crippen LogP contribution in [0.5, 0.6) is 5.75 Å². The van der Waals surface area contributed by atoms with Gasteiger partial charge in [0.25, 0.3) is 5.91 Å². The number of benzene rings is 2. The second-order valence-electron chi connectivity index (χ2n) is 9.67. The van der Waals surface area contributed by atoms with Crippen molar-refractivity contribution >= 4 is 23.6 Å². The summed E-state index contributed by atoms with van der Waals surface area (Å²) in [5, 5.41) is 2.97. The van der Waals surface area contributed by atoms with Gasteiger partial charge in [-0.15, -0.1) is 0 Å². The lowest BCUT2D eigenvalue weighted by molar-refractivity contribution is -0.120. The van der Waals surface area contributed by atoms with Gasteiger partial charge >= 0.3 is 6.09 Å². The molecule has 0 radical (unpaired) electrons. The van der Waals surface area contributed by atoms with Gasteiger partial charge in [-0.2, -0.15) is 0 Å². The van der Waals surface area contributed by atoms with Crippen molar-refractivity contribution in [2.24, 2.45) is 5.92 Å². The van der Waals surface area contributed by atoms with Gasteiger partial charge in [0, 0.05) is 30.9 Å². The standard InChI is InChI=1S/C27H35N3O5/c1-27(2,3)35-26(33)29-16-14-20(15-17-29)18-28-24(31)19-30(22-8-6-5-7-9-22)25(32)21-10-12-23(34-4)13-11-21/h5-13,20H,14-19H2,1-4H3,(H,28,31). The molecule has 3 rings (SSSR count). The van der Waals surface area contributed by atoms with Gasteiger partial charge in [-0.1, -0.05) is 18.2 Å². The van der Waals surface area contributed by atoms with Crippen molar-refractivity contribution < 1.29 is 23.9 Å². The Balaban J connectivity index is 1.56. The Bertz CT molecular complexity index is 994. The Morgan fingerprint density at radius 1 is 1.00 bits per heavy atom. The summed E-state index contributed by atoms with van der Waals surface area (Å²) in [4.78, 5) is 41.5. The van der Waals surface area contributed by atoms with Crippen LogP contribution in [0.1, 0.15) is 44.0 Å². The number of hydrogen-bond donors (Lipinski definition) is 1. The minimum absolute atomic E-state index is 0.0916. The number of rotatable bonds is 7. The molecule has 0 saturated carbocycles. The zero-order valence-electron chi connectivity index (χ0n) is 21.0. The van der Waals surface area contributed by atoms with Gasteiger partial charge in [0.1, 0.15) is 17.9 Å². The molecule has 1 aliphatic heterocycles. The molecule has 0 unspecified atom stereocenters. The summed E-state index contributed by atoms with van der Waals surface area (Å²) in [5.74, 6) is 0.424. The molecule has 1 fully saturated rings. The van der Waals surface area contributed by atoms with Crippen LogP contribution in [0, 0.1) is 5.92 Å². The van der Waals surface area contributed by atoms with Gasteiger partial charge in [-0.3, -0.25) is 14.5 Å². The summed E-state index contributed by atoms with van der Waals surface area (Å²) < 4.78 is 10.6. The lowest BCUT2D eigenvalue weighted by Gasteiger charge is -2.33. The van der Waals surface area contributed by atoms with Crippen molar-refractivity contribution in [2.75, 3.05) is 38.2 Å². The highest BCUT2D eigenvalue weighted by molar-refractivity contribution is 6.08. The van der Waals surface area contributed by atoms with E-state index >= 15 is 0 Å². The molecule has 188 valence electrons. The largest absolute Gasteiger partial charge is 0.497 e. The summed E-state index contributed by atoms with van der Waals surface area (Å²) >= 11 is 0. The Kier molecular flexibility index (Phi) is 8.73. The van der Waals surface area contributed by atoms with Crippen LogP contribution in [0.3, 0.4) is 0 Å². The molecule has 3 amide bonds. The number of para-hydroxylation sites is 1. The monoisotopic (exact) mass is 481 g/mol. The number of anilines is 1. The molecule has 0 aliphatic carbocycles. The lowest BCUT2D eigenvalue weighted by atomic mass is 9.97. The molecule has 1 heterocycles. The first kappa shape index (κ1) is 26.1. The molecular weight excluding hydrogens is 446 g/mol. The summed E-state index contributed by atoms with van der Waals surface area (Å²) in [7, 11) is 1.57. The number of amides is 3. The normalized spacial score (nSPS) is 14.2. The smallest absolute Gasteiger partial charge is 0.410 e. The molecule has 2 aromatic carbocycles. The molecule has 1 N–H and O–H groups in total. The number of carbonyl (C=O) groups excluding carboxylic acids is 3. The van der Waals surface area contributed by atoms with Crippen molar-refractivity contribution in [2.45, 2.75) is 39.2 Å². The van der Waals surface area contributed by atoms with Crippen LogP contribution in [0.25, 0.3) is 0 Å². The molecule has 8 heteroatoms. The van der Waals surface area contributed by atoms with Gasteiger partial charge < -0.3 is 19.7 Å². The first-order valence-electron chi connectivity index (χ1n) is 11.9. The predicted octanol–water partition coefficient (Wildman–Crippen LogP) is 4.11. The number of nitrogens with zero attached hydrogens (tertiary/aromatic N) is 2. The number of carbonyl (C=O) groups is 3. The zero-order chi connectivity index (χ0) is 25.4. The summed E-state index contributed by atoms with van der Waals surface area (Å²) in [5.41, 5.74) is 0.599. The van der Waals surface area contributed by atoms with E-state index in [1.807, 2.05) is 39.0 Å². The quantitative estimate of drug-likeness (QED) is 0.643. The fourth-order valence-electron chi connectivity index (χ4n) is 3.88. The Morgan fingerprint density at radius 3 is 2.20 bits per heavy atom. The van der Waals surface area contributed by atoms with E-state index in [0.29, 0.717) is 36.6 Å². The maximum atomic E-state index is 13.2. The van der Waals surface area contributed by atoms with Crippen LogP contribution in [0.2, 0.25) is 0 Å². The third kappa shape index (κ3) is 7.73. The van der Waals surface area contributed by atoms with E-state index in [-0.39, 0.29) is 30.4 Å². The van der Waals surface area contributed by atoms with E-state index in [0.717, 1.165) is 12.8 Å². The fourth-order valence-corrected chi connectivity index (χ4v) is 3.88. The highest BCUT2D eigenvalue weighted by Crippen LogP contribution is 2.21. The van der Waals surface area contributed by atoms with E-state index in [9.17, 15) is 14.4 Å². The fraction of sp³-hybridized carbons (Fsp3) is 0.444. The number of nitrogens with one attached hydrogen (secondary N) is 1. The molecule has 2 aromatic rings. The molecule has 0 aromatic heterocycles. The van der Waals surface area contributed by atoms with Gasteiger partial charge in [0.2, 0.25) is 5.91 Å². The van der Waals surface area contributed by atoms with Crippen LogP contribution in [-0.4, -0.2) is 61.7 Å². The zero-order valence-corrected chi connectivity index (χ0v) is 21.0. The summed E-state index contributed by atoms with van der Waals surface area (Å²) in [6, 6.07) is 16.0. The topological polar surface area (TPSA) is 88.2 Å². The SMILES string of the molecule is COc1ccc(C(=O)N(CC(=O)NCC2CCN(C(=O)OC(C)(C)C)CC2)c2ccccc2)cc1. The molecule has 0 bridgehead atoms. The molecule has 1 aliphatic rings. The number of methoxy groups -OCH3 is 1. The Morgan fingerprint density at radius 2 is 1.63 bits per heavy atom. The highest BCUT2D eigenvalue weighted by atomic mass is 16.6. The average Bonchev–Trinajstić information content (AvgIpc) is 2.85. The van der Waals surface area contributed by atoms with E-state index < -0.39 is 5.60 Å². The second kappa shape index (κ2) is 11.7. The third-order valence-electron chi connectivity index (χ3n) is 5.81. The highest BCUT2D eigenvalue weighted by Gasteiger charge is 2.27. The lowest BCUT2D eigenvalue weighted by Crippen LogP contribution is -2.45. The average molecular weight is 482 g/mol. The molecule has 8 nitrogen and oxygen atoms in total. The first-order valence-corrected chi connectivity index (χ1v) is 11.9. The minimum atomic E-state index is -0.518. The second-order valence-corrected chi connectivity index (χ2v) is 9.67. The molecule has 0 atom stereocenters. The Labute approximate surface area is 207 Å². The minimum Gasteiger partial charge on any atom is -0.497 e. The van der Waals surface area contributed by atoms with E-state index in [2.05, 4.69) is 5.32 Å². The first-order chi connectivity index (χ1) is 16.7. The number of piperidine rings is 1. The van der Waals surface area contributed by atoms with Crippen LogP contribution in [-0.2, 0) is 9.53 Å². The van der Waals surface area contributed by atoms with Gasteiger partial charge in [-0.05, 0) is 75.9 Å². The van der Waals surface area contributed by atoms with E-state index in [1.54, 1.807) is 48.4 Å². The van der Waals surface area contributed by atoms with Crippen LogP contribution in [0.4, 0.5) is 10.5 Å². The number of ether oxygens (including phenoxy) is 2. The number of likely N-dealkylation sites (tertiary alicyclic amines) is 1. The molecular formula is C27H35N3O5. The summed E-state index contributed by atoms with van der Waals surface area (Å²) in [6.45, 7) is 7.16. The van der Waals surface area contributed by atoms with Crippen molar-refractivity contribution in [1.82, 2.24) is 10.2 Å². The predicted molar refractivity (Wildman–Crippen MR) is 135 cm³/mol. The number of hydrogen-bond acceptors (Lipinski definition) is 5. The van der Waals surface area contributed by atoms with Crippen molar-refractivity contribution in [1.29, 1.82) is 0 Å². The van der Waals surface area contributed by atoms with Crippen molar-refractivity contribution in [3.63, 3.8) is 0 Å². The van der Waals surface area contributed by atoms with Crippen molar-refractivity contribution in [3.8, 4) is 5.75 Å². The van der Waals surface area contributed by atoms with E-state index in [4.69, 9.17) is 9.47 Å². The van der Waals surface area contributed by atoms with Crippen LogP contribution in [0.15, 0.2) is 54.6 Å². The molecule has 35 heavy (non-hydrogen) atoms. The maximum absolute atomic E-state index is 13.2. The molecule has 0 spiro atoms. The van der Waals surface area contributed by atoms with E-state index in [1.165, 1.54) is 4.90 Å². The van der Waals surface area contributed by atoms with Gasteiger partial charge in [-0.25, -0.2) is 4.79 Å². The van der Waals surface area contributed by atoms with Gasteiger partial charge in [0.15, 0.2) is 0 Å². The Hall–Kier alpha value is -3.55. The maximum Gasteiger partial charge on any atom is 0.410 e. The third-order valence-corrected chi connectivity index (χ3v) is 5.81. The summed E-state index contributed by atoms with van der Waals surface area (Å²) in [6.07, 6.45) is 1.27.